The van der Waals surface area contributed by atoms with Crippen molar-refractivity contribution in [1.29, 1.82) is 0 Å². The molecule has 0 unspecified atom stereocenters. The van der Waals surface area contributed by atoms with Crippen LogP contribution >= 0.6 is 11.3 Å². The van der Waals surface area contributed by atoms with Crippen LogP contribution in [-0.4, -0.2) is 28.4 Å². The Kier molecular flexibility index (Phi) is 5.27. The zero-order chi connectivity index (χ0) is 16.1. The summed E-state index contributed by atoms with van der Waals surface area (Å²) >= 11 is 1.31. The predicted octanol–water partition coefficient (Wildman–Crippen LogP) is 3.18. The zero-order valence-corrected chi connectivity index (χ0v) is 12.9. The van der Waals surface area contributed by atoms with E-state index in [9.17, 15) is 14.0 Å². The second-order valence-electron chi connectivity index (χ2n) is 4.81. The van der Waals surface area contributed by atoms with Crippen molar-refractivity contribution in [2.75, 3.05) is 6.54 Å². The summed E-state index contributed by atoms with van der Waals surface area (Å²) in [6.45, 7) is 1.68. The van der Waals surface area contributed by atoms with Crippen LogP contribution in [0.2, 0.25) is 0 Å². The smallest absolute Gasteiger partial charge is 0.323 e. The number of carbonyl (C=O) groups excluding carboxylic acids is 1. The minimum atomic E-state index is -1.08. The van der Waals surface area contributed by atoms with E-state index in [0.717, 1.165) is 5.56 Å². The van der Waals surface area contributed by atoms with E-state index in [-0.39, 0.29) is 18.3 Å². The summed E-state index contributed by atoms with van der Waals surface area (Å²) in [4.78, 5) is 25.4. The molecule has 0 spiro atoms. The van der Waals surface area contributed by atoms with Crippen molar-refractivity contribution in [1.82, 2.24) is 4.90 Å². The van der Waals surface area contributed by atoms with Gasteiger partial charge >= 0.3 is 5.97 Å². The predicted molar refractivity (Wildman–Crippen MR) is 82.5 cm³/mol. The first-order valence-electron chi connectivity index (χ1n) is 6.83. The van der Waals surface area contributed by atoms with Crippen LogP contribution < -0.4 is 0 Å². The lowest BCUT2D eigenvalue weighted by atomic mass is 10.1. The van der Waals surface area contributed by atoms with Gasteiger partial charge in [0.1, 0.15) is 12.4 Å². The molecule has 1 aromatic carbocycles. The molecule has 1 aromatic heterocycles. The van der Waals surface area contributed by atoms with Crippen molar-refractivity contribution in [2.24, 2.45) is 0 Å². The van der Waals surface area contributed by atoms with Crippen LogP contribution in [0, 0.1) is 5.82 Å². The van der Waals surface area contributed by atoms with Gasteiger partial charge in [-0.3, -0.25) is 9.59 Å². The van der Waals surface area contributed by atoms with Crippen LogP contribution in [0.5, 0.6) is 0 Å². The highest BCUT2D eigenvalue weighted by atomic mass is 32.1. The average molecular weight is 321 g/mol. The minimum absolute atomic E-state index is 0.131. The Labute approximate surface area is 131 Å². The number of carboxylic acids is 1. The molecule has 2 rings (SSSR count). The van der Waals surface area contributed by atoms with E-state index in [1.807, 2.05) is 18.4 Å². The molecule has 0 saturated carbocycles. The summed E-state index contributed by atoms with van der Waals surface area (Å²) in [6, 6.07) is 7.55. The fraction of sp³-hybridized carbons (Fsp3) is 0.250. The molecule has 1 amide bonds. The monoisotopic (exact) mass is 321 g/mol. The van der Waals surface area contributed by atoms with Crippen LogP contribution in [0.15, 0.2) is 35.7 Å². The molecule has 0 aliphatic carbocycles. The second kappa shape index (κ2) is 7.17. The van der Waals surface area contributed by atoms with E-state index in [4.69, 9.17) is 5.11 Å². The molecule has 4 nitrogen and oxygen atoms in total. The van der Waals surface area contributed by atoms with E-state index in [2.05, 4.69) is 0 Å². The second-order valence-corrected chi connectivity index (χ2v) is 5.73. The molecule has 0 aliphatic rings. The topological polar surface area (TPSA) is 57.6 Å². The van der Waals surface area contributed by atoms with Gasteiger partial charge in [0.25, 0.3) is 5.91 Å². The van der Waals surface area contributed by atoms with Gasteiger partial charge in [0.2, 0.25) is 0 Å². The number of carbonyl (C=O) groups is 2. The third-order valence-corrected chi connectivity index (χ3v) is 4.17. The van der Waals surface area contributed by atoms with Gasteiger partial charge in [-0.2, -0.15) is 0 Å². The van der Waals surface area contributed by atoms with Gasteiger partial charge in [0.05, 0.1) is 4.88 Å². The number of carboxylic acid groups (broad SMARTS) is 1. The fourth-order valence-electron chi connectivity index (χ4n) is 2.12. The Morgan fingerprint density at radius 3 is 2.50 bits per heavy atom. The van der Waals surface area contributed by atoms with Crippen molar-refractivity contribution in [2.45, 2.75) is 19.9 Å². The molecule has 0 fully saturated rings. The molecule has 0 atom stereocenters. The first-order valence-corrected chi connectivity index (χ1v) is 7.71. The largest absolute Gasteiger partial charge is 0.480 e. The quantitative estimate of drug-likeness (QED) is 0.889. The SMILES string of the molecule is CCc1ccsc1C(=O)N(CC(=O)O)Cc1ccc(F)cc1. The Balaban J connectivity index is 2.23. The molecule has 1 N–H and O–H groups in total. The van der Waals surface area contributed by atoms with Gasteiger partial charge in [-0.25, -0.2) is 4.39 Å². The molecule has 6 heteroatoms. The molecule has 0 bridgehead atoms. The number of rotatable bonds is 6. The molecule has 1 heterocycles. The number of nitrogens with zero attached hydrogens (tertiary/aromatic N) is 1. The molecular weight excluding hydrogens is 305 g/mol. The maximum absolute atomic E-state index is 12.9. The molecule has 0 saturated heterocycles. The fourth-order valence-corrected chi connectivity index (χ4v) is 3.08. The number of benzene rings is 1. The van der Waals surface area contributed by atoms with E-state index in [1.54, 1.807) is 12.1 Å². The van der Waals surface area contributed by atoms with Gasteiger partial charge in [0.15, 0.2) is 0 Å². The van der Waals surface area contributed by atoms with E-state index >= 15 is 0 Å². The third kappa shape index (κ3) is 3.92. The van der Waals surface area contributed by atoms with E-state index in [1.165, 1.54) is 28.4 Å². The zero-order valence-electron chi connectivity index (χ0n) is 12.1. The Hall–Kier alpha value is -2.21. The van der Waals surface area contributed by atoms with Gasteiger partial charge in [-0.05, 0) is 41.1 Å². The number of aryl methyl sites for hydroxylation is 1. The van der Waals surface area contributed by atoms with Gasteiger partial charge < -0.3 is 10.0 Å². The number of hydrogen-bond donors (Lipinski definition) is 1. The van der Waals surface area contributed by atoms with Crippen LogP contribution in [0.3, 0.4) is 0 Å². The van der Waals surface area contributed by atoms with Crippen molar-refractivity contribution in [3.63, 3.8) is 0 Å². The summed E-state index contributed by atoms with van der Waals surface area (Å²) in [5.74, 6) is -1.75. The molecule has 0 aliphatic heterocycles. The van der Waals surface area contributed by atoms with Crippen molar-refractivity contribution in [3.05, 3.63) is 57.5 Å². The highest BCUT2D eigenvalue weighted by molar-refractivity contribution is 7.12. The Morgan fingerprint density at radius 2 is 1.91 bits per heavy atom. The molecule has 22 heavy (non-hydrogen) atoms. The first kappa shape index (κ1) is 16.2. The summed E-state index contributed by atoms with van der Waals surface area (Å²) in [5, 5.41) is 10.9. The minimum Gasteiger partial charge on any atom is -0.480 e. The summed E-state index contributed by atoms with van der Waals surface area (Å²) in [5.41, 5.74) is 1.59. The highest BCUT2D eigenvalue weighted by Gasteiger charge is 2.22. The van der Waals surface area contributed by atoms with Crippen molar-refractivity contribution in [3.8, 4) is 0 Å². The highest BCUT2D eigenvalue weighted by Crippen LogP contribution is 2.20. The normalized spacial score (nSPS) is 10.5. The van der Waals surface area contributed by atoms with Crippen molar-refractivity contribution >= 4 is 23.2 Å². The van der Waals surface area contributed by atoms with Crippen molar-refractivity contribution < 1.29 is 19.1 Å². The van der Waals surface area contributed by atoms with Crippen LogP contribution in [-0.2, 0) is 17.8 Å². The number of amides is 1. The van der Waals surface area contributed by atoms with Crippen LogP contribution in [0.4, 0.5) is 4.39 Å². The maximum atomic E-state index is 12.9. The molecule has 2 aromatic rings. The molecular formula is C16H16FNO3S. The van der Waals surface area contributed by atoms with Crippen LogP contribution in [0.1, 0.15) is 27.7 Å². The maximum Gasteiger partial charge on any atom is 0.323 e. The van der Waals surface area contributed by atoms with Gasteiger partial charge in [-0.15, -0.1) is 11.3 Å². The number of aliphatic carboxylic acids is 1. The summed E-state index contributed by atoms with van der Waals surface area (Å²) in [7, 11) is 0. The van der Waals surface area contributed by atoms with E-state index < -0.39 is 12.5 Å². The summed E-state index contributed by atoms with van der Waals surface area (Å²) in [6.07, 6.45) is 0.710. The molecule has 116 valence electrons. The Morgan fingerprint density at radius 1 is 1.23 bits per heavy atom. The number of hydrogen-bond acceptors (Lipinski definition) is 3. The van der Waals surface area contributed by atoms with E-state index in [0.29, 0.717) is 16.9 Å². The Bertz CT molecular complexity index is 666. The van der Waals surface area contributed by atoms with Gasteiger partial charge in [0, 0.05) is 6.54 Å². The lowest BCUT2D eigenvalue weighted by molar-refractivity contribution is -0.137. The average Bonchev–Trinajstić information content (AvgIpc) is 2.96. The standard InChI is InChI=1S/C16H16FNO3S/c1-2-12-7-8-22-15(12)16(21)18(10-14(19)20)9-11-3-5-13(17)6-4-11/h3-8H,2,9-10H2,1H3,(H,19,20). The number of thiophene rings is 1. The van der Waals surface area contributed by atoms with Crippen LogP contribution in [0.25, 0.3) is 0 Å². The number of halogens is 1. The lowest BCUT2D eigenvalue weighted by Gasteiger charge is -2.21. The molecule has 0 radical (unpaired) electrons. The van der Waals surface area contributed by atoms with Gasteiger partial charge in [-0.1, -0.05) is 19.1 Å². The summed E-state index contributed by atoms with van der Waals surface area (Å²) < 4.78 is 12.9. The first-order chi connectivity index (χ1) is 10.5. The lowest BCUT2D eigenvalue weighted by Crippen LogP contribution is -2.35. The third-order valence-electron chi connectivity index (χ3n) is 3.22.